The maximum atomic E-state index is 12.8. The van der Waals surface area contributed by atoms with Crippen LogP contribution in [0.25, 0.3) is 0 Å². The average molecular weight is 557 g/mol. The molecule has 0 aliphatic rings. The van der Waals surface area contributed by atoms with Crippen LogP contribution >= 0.6 is 15.6 Å². The molecule has 2 aromatic carbocycles. The summed E-state index contributed by atoms with van der Waals surface area (Å²) in [5.41, 5.74) is 3.70. The topological polar surface area (TPSA) is 112 Å². The van der Waals surface area contributed by atoms with Crippen LogP contribution in [0.5, 0.6) is 11.5 Å². The first-order valence-electron chi connectivity index (χ1n) is 12.7. The molecule has 0 radical (unpaired) electrons. The molecule has 0 saturated heterocycles. The first-order valence-corrected chi connectivity index (χ1v) is 15.7. The van der Waals surface area contributed by atoms with Crippen molar-refractivity contribution < 1.29 is 37.0 Å². The van der Waals surface area contributed by atoms with E-state index in [1.165, 1.54) is 6.92 Å². The van der Waals surface area contributed by atoms with Crippen molar-refractivity contribution in [2.24, 2.45) is 0 Å². The molecule has 8 nitrogen and oxygen atoms in total. The van der Waals surface area contributed by atoms with Gasteiger partial charge in [-0.15, -0.1) is 0 Å². The van der Waals surface area contributed by atoms with Crippen molar-refractivity contribution in [3.8, 4) is 11.5 Å². The molecule has 0 fully saturated rings. The molecule has 2 rings (SSSR count). The van der Waals surface area contributed by atoms with E-state index in [1.54, 1.807) is 24.3 Å². The fourth-order valence-corrected chi connectivity index (χ4v) is 6.10. The molecule has 3 unspecified atom stereocenters. The lowest BCUT2D eigenvalue weighted by atomic mass is 9.90. The molecule has 0 spiro atoms. The van der Waals surface area contributed by atoms with Gasteiger partial charge in [-0.3, -0.25) is 18.8 Å². The Kier molecular flexibility index (Phi) is 11.0. The van der Waals surface area contributed by atoms with Gasteiger partial charge < -0.3 is 9.05 Å². The van der Waals surface area contributed by atoms with Crippen molar-refractivity contribution in [3.63, 3.8) is 0 Å². The molecule has 3 atom stereocenters. The number of phosphoric acid groups is 2. The molecule has 0 saturated carbocycles. The minimum atomic E-state index is -4.57. The van der Waals surface area contributed by atoms with Gasteiger partial charge in [0.15, 0.2) is 0 Å². The minimum absolute atomic E-state index is 0.0525. The lowest BCUT2D eigenvalue weighted by Crippen LogP contribution is -2.17. The van der Waals surface area contributed by atoms with Crippen LogP contribution in [-0.2, 0) is 18.2 Å². The lowest BCUT2D eigenvalue weighted by molar-refractivity contribution is 0.0877. The monoisotopic (exact) mass is 556 g/mol. The van der Waals surface area contributed by atoms with Crippen molar-refractivity contribution >= 4 is 15.6 Å². The standard InChI is InChI=1S/C27H42O8P2/c1-17(2)22-12-10-14-24(26(22)19(5)6)34-36(28,29)32-16-21(9)33-37(30,31)35-25-15-11-13-23(18(3)4)27(25)20(7)8/h10-15,17-21H,16H2,1-9H3,(H,28,29)(H,30,31). The van der Waals surface area contributed by atoms with E-state index in [-0.39, 0.29) is 35.2 Å². The summed E-state index contributed by atoms with van der Waals surface area (Å²) in [6.45, 7) is 17.1. The van der Waals surface area contributed by atoms with Gasteiger partial charge in [0.1, 0.15) is 11.5 Å². The molecule has 208 valence electrons. The molecular weight excluding hydrogens is 514 g/mol. The third-order valence-electron chi connectivity index (χ3n) is 5.81. The van der Waals surface area contributed by atoms with Gasteiger partial charge in [0.25, 0.3) is 0 Å². The first-order chi connectivity index (χ1) is 17.0. The van der Waals surface area contributed by atoms with Crippen LogP contribution in [0.4, 0.5) is 0 Å². The van der Waals surface area contributed by atoms with Gasteiger partial charge >= 0.3 is 15.6 Å². The Morgan fingerprint density at radius 2 is 1.05 bits per heavy atom. The quantitative estimate of drug-likeness (QED) is 0.237. The SMILES string of the molecule is CC(COP(=O)(O)Oc1cccc(C(C)C)c1C(C)C)OP(=O)(O)Oc1cccc(C(C)C)c1C(C)C. The molecule has 2 aromatic rings. The summed E-state index contributed by atoms with van der Waals surface area (Å²) in [5, 5.41) is 0. The van der Waals surface area contributed by atoms with E-state index in [4.69, 9.17) is 18.1 Å². The third-order valence-corrected chi connectivity index (χ3v) is 7.77. The lowest BCUT2D eigenvalue weighted by Gasteiger charge is -2.24. The molecule has 0 aliphatic heterocycles. The highest BCUT2D eigenvalue weighted by Gasteiger charge is 2.32. The van der Waals surface area contributed by atoms with Crippen LogP contribution in [0.3, 0.4) is 0 Å². The summed E-state index contributed by atoms with van der Waals surface area (Å²) in [6.07, 6.45) is -1.04. The summed E-state index contributed by atoms with van der Waals surface area (Å²) >= 11 is 0. The minimum Gasteiger partial charge on any atom is -0.404 e. The number of rotatable bonds is 13. The van der Waals surface area contributed by atoms with Crippen molar-refractivity contribution in [2.45, 2.75) is 92.1 Å². The van der Waals surface area contributed by atoms with Crippen LogP contribution in [0.15, 0.2) is 36.4 Å². The van der Waals surface area contributed by atoms with E-state index in [2.05, 4.69) is 0 Å². The number of hydrogen-bond acceptors (Lipinski definition) is 6. The maximum Gasteiger partial charge on any atom is 0.527 e. The van der Waals surface area contributed by atoms with Crippen LogP contribution in [-0.4, -0.2) is 22.5 Å². The zero-order valence-electron chi connectivity index (χ0n) is 23.3. The van der Waals surface area contributed by atoms with E-state index in [0.29, 0.717) is 0 Å². The van der Waals surface area contributed by atoms with Gasteiger partial charge in [-0.05, 0) is 53.9 Å². The third kappa shape index (κ3) is 8.95. The molecule has 0 amide bonds. The van der Waals surface area contributed by atoms with Crippen LogP contribution < -0.4 is 9.05 Å². The Bertz CT molecular complexity index is 1140. The Morgan fingerprint density at radius 1 is 0.649 bits per heavy atom. The maximum absolute atomic E-state index is 12.8. The Hall–Kier alpha value is -1.66. The number of benzene rings is 2. The Balaban J connectivity index is 2.10. The largest absolute Gasteiger partial charge is 0.527 e. The smallest absolute Gasteiger partial charge is 0.404 e. The molecule has 10 heteroatoms. The van der Waals surface area contributed by atoms with E-state index in [1.807, 2.05) is 67.5 Å². The van der Waals surface area contributed by atoms with Crippen molar-refractivity contribution in [2.75, 3.05) is 6.61 Å². The number of phosphoric ester groups is 2. The van der Waals surface area contributed by atoms with E-state index in [9.17, 15) is 18.9 Å². The highest BCUT2D eigenvalue weighted by molar-refractivity contribution is 7.48. The molecule has 0 bridgehead atoms. The molecule has 0 aromatic heterocycles. The second-order valence-corrected chi connectivity index (χ2v) is 13.2. The van der Waals surface area contributed by atoms with Crippen LogP contribution in [0.1, 0.15) is 108 Å². The van der Waals surface area contributed by atoms with E-state index in [0.717, 1.165) is 22.3 Å². The van der Waals surface area contributed by atoms with Crippen molar-refractivity contribution in [3.05, 3.63) is 58.7 Å². The molecule has 37 heavy (non-hydrogen) atoms. The zero-order valence-corrected chi connectivity index (χ0v) is 25.1. The van der Waals surface area contributed by atoms with Crippen molar-refractivity contribution in [1.82, 2.24) is 0 Å². The van der Waals surface area contributed by atoms with Gasteiger partial charge in [0, 0.05) is 11.1 Å². The molecule has 0 heterocycles. The predicted octanol–water partition coefficient (Wildman–Crippen LogP) is 8.26. The summed E-state index contributed by atoms with van der Waals surface area (Å²) in [6, 6.07) is 10.7. The first kappa shape index (κ1) is 31.6. The molecule has 0 aliphatic carbocycles. The van der Waals surface area contributed by atoms with Crippen molar-refractivity contribution in [1.29, 1.82) is 0 Å². The van der Waals surface area contributed by atoms with Gasteiger partial charge in [-0.25, -0.2) is 9.13 Å². The van der Waals surface area contributed by atoms with Gasteiger partial charge in [0.05, 0.1) is 12.7 Å². The highest BCUT2D eigenvalue weighted by Crippen LogP contribution is 2.50. The van der Waals surface area contributed by atoms with Crippen LogP contribution in [0, 0.1) is 0 Å². The average Bonchev–Trinajstić information content (AvgIpc) is 2.76. The molecular formula is C27H42O8P2. The fourth-order valence-electron chi connectivity index (χ4n) is 4.28. The zero-order chi connectivity index (χ0) is 28.1. The normalized spacial score (nSPS) is 16.2. The Labute approximate surface area is 221 Å². The summed E-state index contributed by atoms with van der Waals surface area (Å²) < 4.78 is 46.7. The Morgan fingerprint density at radius 3 is 1.43 bits per heavy atom. The predicted molar refractivity (Wildman–Crippen MR) is 147 cm³/mol. The molecule has 2 N–H and O–H groups in total. The van der Waals surface area contributed by atoms with Gasteiger partial charge in [-0.1, -0.05) is 79.7 Å². The number of hydrogen-bond donors (Lipinski definition) is 2. The summed E-state index contributed by atoms with van der Waals surface area (Å²) in [7, 11) is -9.11. The fraction of sp³-hybridized carbons (Fsp3) is 0.556. The second kappa shape index (κ2) is 12.9. The van der Waals surface area contributed by atoms with Crippen LogP contribution in [0.2, 0.25) is 0 Å². The second-order valence-electron chi connectivity index (χ2n) is 10.5. The van der Waals surface area contributed by atoms with E-state index < -0.39 is 28.4 Å². The highest BCUT2D eigenvalue weighted by atomic mass is 31.2. The van der Waals surface area contributed by atoms with E-state index >= 15 is 0 Å². The summed E-state index contributed by atoms with van der Waals surface area (Å²) in [5.74, 6) is 1.04. The summed E-state index contributed by atoms with van der Waals surface area (Å²) in [4.78, 5) is 20.8. The van der Waals surface area contributed by atoms with Gasteiger partial charge in [-0.2, -0.15) is 0 Å². The van der Waals surface area contributed by atoms with Gasteiger partial charge in [0.2, 0.25) is 0 Å².